The number of aliphatic hydroxyl groups excluding tert-OH is 2. The Morgan fingerprint density at radius 1 is 1.06 bits per heavy atom. The van der Waals surface area contributed by atoms with Gasteiger partial charge in [-0.05, 0) is 96.7 Å². The van der Waals surface area contributed by atoms with Crippen LogP contribution in [0.1, 0.15) is 79.1 Å². The van der Waals surface area contributed by atoms with Gasteiger partial charge in [0.15, 0.2) is 0 Å². The number of rotatable bonds is 2. The predicted molar refractivity (Wildman–Crippen MR) is 126 cm³/mol. The van der Waals surface area contributed by atoms with Gasteiger partial charge in [0.2, 0.25) is 0 Å². The maximum absolute atomic E-state index is 11.9. The molecule has 5 saturated carbocycles. The lowest BCUT2D eigenvalue weighted by molar-refractivity contribution is -0.152. The molecule has 0 aromatic carbocycles. The average molecular weight is 477 g/mol. The van der Waals surface area contributed by atoms with Gasteiger partial charge in [-0.25, -0.2) is 4.79 Å². The molecule has 0 unspecified atom stereocenters. The second-order valence-electron chi connectivity index (χ2n) is 13.9. The highest BCUT2D eigenvalue weighted by Crippen LogP contribution is 2.87. The van der Waals surface area contributed by atoms with Crippen molar-refractivity contribution in [2.45, 2.75) is 109 Å². The lowest BCUT2D eigenvalue weighted by atomic mass is 9.43. The Hall–Kier alpha value is -0.890. The van der Waals surface area contributed by atoms with Crippen molar-refractivity contribution in [3.63, 3.8) is 0 Å². The van der Waals surface area contributed by atoms with Gasteiger partial charge in [-0.1, -0.05) is 27.7 Å². The van der Waals surface area contributed by atoms with Crippen LogP contribution in [0.4, 0.5) is 4.79 Å². The third-order valence-corrected chi connectivity index (χ3v) is 12.8. The van der Waals surface area contributed by atoms with Crippen LogP contribution in [0, 0.1) is 45.3 Å². The fourth-order valence-corrected chi connectivity index (χ4v) is 11.3. The van der Waals surface area contributed by atoms with Crippen molar-refractivity contribution in [1.82, 2.24) is 0 Å². The van der Waals surface area contributed by atoms with E-state index in [0.717, 1.165) is 38.5 Å². The van der Waals surface area contributed by atoms with E-state index in [1.807, 2.05) is 0 Å². The second kappa shape index (κ2) is 6.90. The quantitative estimate of drug-likeness (QED) is 0.485. The minimum atomic E-state index is -0.792. The third kappa shape index (κ3) is 2.51. The zero-order valence-corrected chi connectivity index (χ0v) is 21.3. The van der Waals surface area contributed by atoms with Crippen molar-refractivity contribution in [3.05, 3.63) is 0 Å². The van der Waals surface area contributed by atoms with Crippen LogP contribution < -0.4 is 11.5 Å². The summed E-state index contributed by atoms with van der Waals surface area (Å²) >= 11 is 0. The number of carbonyl (C=O) groups is 1. The van der Waals surface area contributed by atoms with Crippen LogP contribution >= 0.6 is 0 Å². The van der Waals surface area contributed by atoms with E-state index in [1.165, 1.54) is 12.8 Å². The van der Waals surface area contributed by atoms with Crippen molar-refractivity contribution >= 4 is 6.09 Å². The Morgan fingerprint density at radius 3 is 2.44 bits per heavy atom. The molecule has 0 radical (unpaired) electrons. The first-order chi connectivity index (χ1) is 15.8. The first kappa shape index (κ1) is 23.5. The molecule has 1 amide bonds. The number of primary amides is 1. The van der Waals surface area contributed by atoms with Gasteiger partial charge in [-0.15, -0.1) is 0 Å². The van der Waals surface area contributed by atoms with Crippen LogP contribution in [-0.4, -0.2) is 52.9 Å². The molecule has 0 bridgehead atoms. The minimum absolute atomic E-state index is 0.0667. The molecule has 6 fully saturated rings. The summed E-state index contributed by atoms with van der Waals surface area (Å²) in [5.41, 5.74) is 12.2. The smallest absolute Gasteiger partial charge is 0.404 e. The monoisotopic (exact) mass is 476 g/mol. The molecule has 6 aliphatic rings. The number of ether oxygens (including phenoxy) is 2. The van der Waals surface area contributed by atoms with Gasteiger partial charge in [0, 0.05) is 0 Å². The van der Waals surface area contributed by atoms with Crippen molar-refractivity contribution in [3.8, 4) is 0 Å². The standard InChI is InChI=1S/C27H44N2O5/c1-14-11-15(12-33-22(28)32)34-20-19(14)24(4)9-10-26-13-25(26)8-7-18(30)23(2,3)16(25)5-6-17(26)27(24,29)21(20)31/h14-21,30-31H,5-13,29H2,1-4H3,(H2,28,32)/t14-,15-,16+,17-,18+,19+,20+,21+,24-,25-,26+,27+/m1/s1. The number of aliphatic hydroxyl groups is 2. The van der Waals surface area contributed by atoms with Crippen LogP contribution in [-0.2, 0) is 9.47 Å². The van der Waals surface area contributed by atoms with Gasteiger partial charge in [0.1, 0.15) is 6.61 Å². The summed E-state index contributed by atoms with van der Waals surface area (Å²) in [6.45, 7) is 9.22. The van der Waals surface area contributed by atoms with E-state index in [1.54, 1.807) is 0 Å². The fraction of sp³-hybridized carbons (Fsp3) is 0.963. The number of carbonyl (C=O) groups excluding carboxylic acids is 1. The number of amides is 1. The van der Waals surface area contributed by atoms with E-state index < -0.39 is 17.7 Å². The number of nitrogens with two attached hydrogens (primary N) is 2. The summed E-state index contributed by atoms with van der Waals surface area (Å²) in [6, 6.07) is 0. The Kier molecular flexibility index (Phi) is 4.77. The molecule has 7 heteroatoms. The molecule has 7 nitrogen and oxygen atoms in total. The molecule has 2 spiro atoms. The molecule has 1 heterocycles. The van der Waals surface area contributed by atoms with E-state index >= 15 is 0 Å². The van der Waals surface area contributed by atoms with Crippen molar-refractivity contribution in [2.24, 2.45) is 56.8 Å². The lowest BCUT2D eigenvalue weighted by Crippen LogP contribution is -2.70. The summed E-state index contributed by atoms with van der Waals surface area (Å²) in [6.07, 6.45) is 5.89. The number of fused-ring (bicyclic) bond motifs is 4. The lowest BCUT2D eigenvalue weighted by Gasteiger charge is -2.63. The van der Waals surface area contributed by atoms with Gasteiger partial charge in [-0.3, -0.25) is 0 Å². The predicted octanol–water partition coefficient (Wildman–Crippen LogP) is 2.95. The van der Waals surface area contributed by atoms with E-state index in [0.29, 0.717) is 11.8 Å². The third-order valence-electron chi connectivity index (χ3n) is 12.8. The molecular formula is C27H44N2O5. The van der Waals surface area contributed by atoms with Crippen LogP contribution in [0.2, 0.25) is 0 Å². The summed E-state index contributed by atoms with van der Waals surface area (Å²) in [7, 11) is 0. The number of hydrogen-bond donors (Lipinski definition) is 4. The van der Waals surface area contributed by atoms with Crippen LogP contribution in [0.15, 0.2) is 0 Å². The zero-order valence-electron chi connectivity index (χ0n) is 21.3. The normalized spacial score (nSPS) is 59.0. The first-order valence-electron chi connectivity index (χ1n) is 13.6. The van der Waals surface area contributed by atoms with E-state index in [2.05, 4.69) is 27.7 Å². The molecule has 6 rings (SSSR count). The molecule has 5 aliphatic carbocycles. The van der Waals surface area contributed by atoms with Crippen LogP contribution in [0.25, 0.3) is 0 Å². The van der Waals surface area contributed by atoms with E-state index in [4.69, 9.17) is 20.9 Å². The Morgan fingerprint density at radius 2 is 1.74 bits per heavy atom. The molecule has 6 N–H and O–H groups in total. The SMILES string of the molecule is C[C@@H]1C[C@H](COC(N)=O)O[C@H]2[C@H]1[C@@]1(C)CC[C@@]34C[C@@]35CC[C@H](O)C(C)(C)[C@@H]5CC[C@H]4[C@]1(N)[C@H]2O. The summed E-state index contributed by atoms with van der Waals surface area (Å²) < 4.78 is 11.5. The molecule has 0 aromatic rings. The highest BCUT2D eigenvalue weighted by molar-refractivity contribution is 5.64. The van der Waals surface area contributed by atoms with Gasteiger partial charge in [0.25, 0.3) is 0 Å². The van der Waals surface area contributed by atoms with Gasteiger partial charge in [0.05, 0.1) is 30.0 Å². The number of hydrogen-bond acceptors (Lipinski definition) is 6. The van der Waals surface area contributed by atoms with Crippen LogP contribution in [0.3, 0.4) is 0 Å². The van der Waals surface area contributed by atoms with Crippen molar-refractivity contribution in [1.29, 1.82) is 0 Å². The van der Waals surface area contributed by atoms with Gasteiger partial charge in [-0.2, -0.15) is 0 Å². The average Bonchev–Trinajstić information content (AvgIpc) is 3.40. The Balaban J connectivity index is 1.34. The fourth-order valence-electron chi connectivity index (χ4n) is 11.3. The van der Waals surface area contributed by atoms with Crippen LogP contribution in [0.5, 0.6) is 0 Å². The highest BCUT2D eigenvalue weighted by Gasteiger charge is 2.85. The summed E-state index contributed by atoms with van der Waals surface area (Å²) in [4.78, 5) is 11.2. The molecule has 192 valence electrons. The summed E-state index contributed by atoms with van der Waals surface area (Å²) in [5, 5.41) is 22.8. The maximum atomic E-state index is 11.9. The zero-order chi connectivity index (χ0) is 24.5. The molecule has 1 saturated heterocycles. The van der Waals surface area contributed by atoms with E-state index in [-0.39, 0.29) is 58.4 Å². The topological polar surface area (TPSA) is 128 Å². The molecule has 12 atom stereocenters. The highest BCUT2D eigenvalue weighted by atomic mass is 16.6. The molecule has 0 aromatic heterocycles. The van der Waals surface area contributed by atoms with Crippen molar-refractivity contribution < 1.29 is 24.5 Å². The first-order valence-corrected chi connectivity index (χ1v) is 13.6. The molecule has 34 heavy (non-hydrogen) atoms. The Bertz CT molecular complexity index is 896. The molecule has 1 aliphatic heterocycles. The molecular weight excluding hydrogens is 432 g/mol. The second-order valence-corrected chi connectivity index (χ2v) is 13.9. The van der Waals surface area contributed by atoms with E-state index in [9.17, 15) is 15.0 Å². The van der Waals surface area contributed by atoms with Crippen molar-refractivity contribution in [2.75, 3.05) is 6.61 Å². The largest absolute Gasteiger partial charge is 0.447 e. The van der Waals surface area contributed by atoms with Gasteiger partial charge >= 0.3 is 6.09 Å². The summed E-state index contributed by atoms with van der Waals surface area (Å²) in [5.74, 6) is 1.30. The maximum Gasteiger partial charge on any atom is 0.404 e. The van der Waals surface area contributed by atoms with Gasteiger partial charge < -0.3 is 31.2 Å². The Labute approximate surface area is 203 Å². The minimum Gasteiger partial charge on any atom is -0.447 e.